The second kappa shape index (κ2) is 5.65. The fourth-order valence-electron chi connectivity index (χ4n) is 1.14. The quantitative estimate of drug-likeness (QED) is 0.328. The summed E-state index contributed by atoms with van der Waals surface area (Å²) in [4.78, 5) is 23.5. The number of hydrogen-bond acceptors (Lipinski definition) is 3. The van der Waals surface area contributed by atoms with E-state index in [1.165, 1.54) is 0 Å². The second-order valence-corrected chi connectivity index (χ2v) is 3.33. The van der Waals surface area contributed by atoms with Gasteiger partial charge in [0.2, 0.25) is 5.83 Å². The van der Waals surface area contributed by atoms with Gasteiger partial charge in [0.1, 0.15) is 6.61 Å². The Morgan fingerprint density at radius 1 is 1.28 bits per heavy atom. The highest BCUT2D eigenvalue weighted by Crippen LogP contribution is 2.25. The fraction of sp³-hybridized carbons (Fsp3) is 0.400. The standard InChI is InChI=1S/C10H9F4NO3/c11-7(10(12,13)14)3-6-18-9(17)8(16)15-4-1-2-5-15/h1-3H,4-6H2/b7-3-. The Morgan fingerprint density at radius 3 is 2.33 bits per heavy atom. The van der Waals surface area contributed by atoms with Crippen LogP contribution in [0.1, 0.15) is 0 Å². The lowest BCUT2D eigenvalue weighted by atomic mass is 10.4. The first kappa shape index (κ1) is 14.2. The van der Waals surface area contributed by atoms with Gasteiger partial charge in [0.25, 0.3) is 0 Å². The zero-order valence-corrected chi connectivity index (χ0v) is 9.04. The van der Waals surface area contributed by atoms with Crippen LogP contribution in [0.5, 0.6) is 0 Å². The van der Waals surface area contributed by atoms with Crippen molar-refractivity contribution in [2.24, 2.45) is 0 Å². The predicted octanol–water partition coefficient (Wildman–Crippen LogP) is 1.34. The Labute approximate surface area is 99.5 Å². The van der Waals surface area contributed by atoms with Gasteiger partial charge in [-0.3, -0.25) is 4.79 Å². The highest BCUT2D eigenvalue weighted by atomic mass is 19.4. The lowest BCUT2D eigenvalue weighted by molar-refractivity contribution is -0.158. The molecule has 0 fully saturated rings. The number of nitrogens with zero attached hydrogens (tertiary/aromatic N) is 1. The first-order chi connectivity index (χ1) is 8.32. The van der Waals surface area contributed by atoms with E-state index in [9.17, 15) is 27.2 Å². The minimum atomic E-state index is -5.12. The number of carbonyl (C=O) groups excluding carboxylic acids is 2. The van der Waals surface area contributed by atoms with Gasteiger partial charge in [-0.1, -0.05) is 12.2 Å². The third-order valence-corrected chi connectivity index (χ3v) is 2.03. The maximum Gasteiger partial charge on any atom is 0.442 e. The van der Waals surface area contributed by atoms with Crippen molar-refractivity contribution in [3.8, 4) is 0 Å². The molecule has 100 valence electrons. The van der Waals surface area contributed by atoms with E-state index in [-0.39, 0.29) is 19.2 Å². The smallest absolute Gasteiger partial charge is 0.442 e. The van der Waals surface area contributed by atoms with Gasteiger partial charge in [-0.2, -0.15) is 13.2 Å². The van der Waals surface area contributed by atoms with Crippen LogP contribution in [0, 0.1) is 0 Å². The summed E-state index contributed by atoms with van der Waals surface area (Å²) in [5.74, 6) is -4.66. The third kappa shape index (κ3) is 3.86. The molecule has 0 radical (unpaired) electrons. The maximum atomic E-state index is 12.3. The number of alkyl halides is 3. The molecule has 1 amide bonds. The summed E-state index contributed by atoms with van der Waals surface area (Å²) in [7, 11) is 0. The van der Waals surface area contributed by atoms with Crippen molar-refractivity contribution in [3.05, 3.63) is 24.1 Å². The van der Waals surface area contributed by atoms with Crippen LogP contribution in [0.4, 0.5) is 17.6 Å². The van der Waals surface area contributed by atoms with E-state index >= 15 is 0 Å². The third-order valence-electron chi connectivity index (χ3n) is 2.03. The number of hydrogen-bond donors (Lipinski definition) is 0. The molecular formula is C10H9F4NO3. The van der Waals surface area contributed by atoms with Crippen molar-refractivity contribution >= 4 is 11.9 Å². The predicted molar refractivity (Wildman–Crippen MR) is 51.9 cm³/mol. The molecular weight excluding hydrogens is 258 g/mol. The molecule has 0 aromatic rings. The van der Waals surface area contributed by atoms with Crippen LogP contribution in [0.25, 0.3) is 0 Å². The summed E-state index contributed by atoms with van der Waals surface area (Å²) in [6.45, 7) is -0.474. The number of carbonyl (C=O) groups is 2. The van der Waals surface area contributed by atoms with E-state index in [0.29, 0.717) is 0 Å². The average Bonchev–Trinajstić information content (AvgIpc) is 2.79. The molecule has 0 unspecified atom stereocenters. The van der Waals surface area contributed by atoms with Crippen LogP contribution in [-0.4, -0.2) is 42.6 Å². The minimum absolute atomic E-state index is 0.0490. The molecule has 1 aliphatic heterocycles. The SMILES string of the molecule is O=C(OC/C=C(\F)C(F)(F)F)C(=O)N1CC=CC1. The number of esters is 1. The van der Waals surface area contributed by atoms with Gasteiger partial charge in [-0.25, -0.2) is 9.18 Å². The second-order valence-electron chi connectivity index (χ2n) is 3.33. The van der Waals surface area contributed by atoms with Gasteiger partial charge in [-0.15, -0.1) is 0 Å². The van der Waals surface area contributed by atoms with Crippen LogP contribution in [-0.2, 0) is 14.3 Å². The molecule has 18 heavy (non-hydrogen) atoms. The Morgan fingerprint density at radius 2 is 1.83 bits per heavy atom. The van der Waals surface area contributed by atoms with Crippen molar-refractivity contribution in [1.82, 2.24) is 4.90 Å². The van der Waals surface area contributed by atoms with Gasteiger partial charge in [0, 0.05) is 13.1 Å². The molecule has 0 aromatic carbocycles. The lowest BCUT2D eigenvalue weighted by Crippen LogP contribution is -2.35. The number of rotatable bonds is 2. The molecule has 0 aromatic heterocycles. The molecule has 8 heteroatoms. The molecule has 0 spiro atoms. The number of amides is 1. The summed E-state index contributed by atoms with van der Waals surface area (Å²) in [6.07, 6.45) is -1.77. The Kier molecular flexibility index (Phi) is 4.46. The van der Waals surface area contributed by atoms with Crippen LogP contribution in [0.15, 0.2) is 24.1 Å². The monoisotopic (exact) mass is 267 g/mol. The molecule has 0 saturated heterocycles. The maximum absolute atomic E-state index is 12.3. The molecule has 4 nitrogen and oxygen atoms in total. The van der Waals surface area contributed by atoms with Gasteiger partial charge in [0.05, 0.1) is 0 Å². The highest BCUT2D eigenvalue weighted by Gasteiger charge is 2.34. The summed E-state index contributed by atoms with van der Waals surface area (Å²) < 4.78 is 51.6. The van der Waals surface area contributed by atoms with Gasteiger partial charge >= 0.3 is 18.1 Å². The number of ether oxygens (including phenoxy) is 1. The van der Waals surface area contributed by atoms with Crippen molar-refractivity contribution in [2.75, 3.05) is 19.7 Å². The Hall–Kier alpha value is -1.86. The molecule has 1 rings (SSSR count). The van der Waals surface area contributed by atoms with Crippen LogP contribution < -0.4 is 0 Å². The molecule has 0 saturated carbocycles. The molecule has 0 atom stereocenters. The summed E-state index contributed by atoms with van der Waals surface area (Å²) in [5.41, 5.74) is 0. The molecule has 1 heterocycles. The minimum Gasteiger partial charge on any atom is -0.454 e. The van der Waals surface area contributed by atoms with Crippen LogP contribution >= 0.6 is 0 Å². The van der Waals surface area contributed by atoms with Crippen molar-refractivity contribution in [3.63, 3.8) is 0 Å². The van der Waals surface area contributed by atoms with Crippen molar-refractivity contribution < 1.29 is 31.9 Å². The van der Waals surface area contributed by atoms with E-state index in [1.54, 1.807) is 12.2 Å². The van der Waals surface area contributed by atoms with E-state index in [4.69, 9.17) is 0 Å². The summed E-state index contributed by atoms with van der Waals surface area (Å²) in [6, 6.07) is 0. The first-order valence-electron chi connectivity index (χ1n) is 4.86. The van der Waals surface area contributed by atoms with Gasteiger partial charge < -0.3 is 9.64 Å². The normalized spacial score (nSPS) is 16.0. The van der Waals surface area contributed by atoms with Gasteiger partial charge in [0.15, 0.2) is 0 Å². The summed E-state index contributed by atoms with van der Waals surface area (Å²) in [5, 5.41) is 0. The lowest BCUT2D eigenvalue weighted by Gasteiger charge is -2.13. The van der Waals surface area contributed by atoms with Gasteiger partial charge in [-0.05, 0) is 6.08 Å². The molecule has 0 aliphatic carbocycles. The molecule has 0 N–H and O–H groups in total. The summed E-state index contributed by atoms with van der Waals surface area (Å²) >= 11 is 0. The van der Waals surface area contributed by atoms with E-state index in [0.717, 1.165) is 4.90 Å². The van der Waals surface area contributed by atoms with Crippen LogP contribution in [0.3, 0.4) is 0 Å². The fourth-order valence-corrected chi connectivity index (χ4v) is 1.14. The van der Waals surface area contributed by atoms with E-state index < -0.39 is 30.5 Å². The molecule has 1 aliphatic rings. The Balaban J connectivity index is 2.40. The van der Waals surface area contributed by atoms with E-state index in [2.05, 4.69) is 4.74 Å². The highest BCUT2D eigenvalue weighted by molar-refractivity contribution is 6.32. The Bertz CT molecular complexity index is 392. The average molecular weight is 267 g/mol. The molecule has 0 bridgehead atoms. The first-order valence-corrected chi connectivity index (χ1v) is 4.86. The van der Waals surface area contributed by atoms with Crippen LogP contribution in [0.2, 0.25) is 0 Å². The zero-order valence-electron chi connectivity index (χ0n) is 9.04. The number of halogens is 4. The largest absolute Gasteiger partial charge is 0.454 e. The van der Waals surface area contributed by atoms with E-state index in [1.807, 2.05) is 0 Å². The van der Waals surface area contributed by atoms with Crippen molar-refractivity contribution in [2.45, 2.75) is 6.18 Å². The zero-order chi connectivity index (χ0) is 13.8. The van der Waals surface area contributed by atoms with Crippen molar-refractivity contribution in [1.29, 1.82) is 0 Å². The topological polar surface area (TPSA) is 46.6 Å². The number of allylic oxidation sites excluding steroid dienone is 1.